The maximum atomic E-state index is 12.5. The molecule has 0 heterocycles. The van der Waals surface area contributed by atoms with Crippen molar-refractivity contribution in [3.8, 4) is 6.07 Å². The molecule has 7 nitrogen and oxygen atoms in total. The highest BCUT2D eigenvalue weighted by molar-refractivity contribution is 6.30. The number of esters is 1. The van der Waals surface area contributed by atoms with Gasteiger partial charge in [-0.05, 0) is 62.3 Å². The summed E-state index contributed by atoms with van der Waals surface area (Å²) in [6.45, 7) is 3.34. The normalized spacial score (nSPS) is 16.0. The predicted octanol–water partition coefficient (Wildman–Crippen LogP) is 2.98. The zero-order chi connectivity index (χ0) is 21.4. The standard InChI is InChI=1S/C21H26ClN3O4/c1-14(2)11-17(24-19(27)15-5-7-16(22)8-6-15)20(28)29-12-18(26)25-21(13-23)9-3-4-10-21/h5-8,14,17H,3-4,9-12H2,1-2H3,(H,24,27)(H,25,26). The number of carbonyl (C=O) groups excluding carboxylic acids is 3. The van der Waals surface area contributed by atoms with Gasteiger partial charge >= 0.3 is 5.97 Å². The summed E-state index contributed by atoms with van der Waals surface area (Å²) in [5.74, 6) is -1.52. The van der Waals surface area contributed by atoms with E-state index in [-0.39, 0.29) is 5.92 Å². The van der Waals surface area contributed by atoms with E-state index in [9.17, 15) is 19.6 Å². The molecule has 29 heavy (non-hydrogen) atoms. The van der Waals surface area contributed by atoms with E-state index in [4.69, 9.17) is 16.3 Å². The molecule has 1 atom stereocenters. The molecule has 2 amide bonds. The van der Waals surface area contributed by atoms with E-state index in [1.54, 1.807) is 24.3 Å². The lowest BCUT2D eigenvalue weighted by Gasteiger charge is -2.23. The highest BCUT2D eigenvalue weighted by atomic mass is 35.5. The lowest BCUT2D eigenvalue weighted by molar-refractivity contribution is -0.151. The van der Waals surface area contributed by atoms with E-state index >= 15 is 0 Å². The number of nitrogens with one attached hydrogen (secondary N) is 2. The number of hydrogen-bond donors (Lipinski definition) is 2. The number of ether oxygens (including phenoxy) is 1. The molecule has 0 saturated heterocycles. The van der Waals surface area contributed by atoms with Crippen LogP contribution in [0.2, 0.25) is 5.02 Å². The smallest absolute Gasteiger partial charge is 0.329 e. The molecule has 1 aromatic rings. The summed E-state index contributed by atoms with van der Waals surface area (Å²) < 4.78 is 5.13. The molecular formula is C21H26ClN3O4. The third-order valence-electron chi connectivity index (χ3n) is 4.80. The van der Waals surface area contributed by atoms with Crippen molar-refractivity contribution in [1.29, 1.82) is 5.26 Å². The summed E-state index contributed by atoms with van der Waals surface area (Å²) in [6.07, 6.45) is 3.30. The summed E-state index contributed by atoms with van der Waals surface area (Å²) in [6, 6.07) is 7.57. The average Bonchev–Trinajstić information content (AvgIpc) is 3.14. The van der Waals surface area contributed by atoms with Gasteiger partial charge in [0.2, 0.25) is 0 Å². The van der Waals surface area contributed by atoms with Crippen LogP contribution in [-0.2, 0) is 14.3 Å². The second-order valence-electron chi connectivity index (χ2n) is 7.72. The van der Waals surface area contributed by atoms with E-state index in [1.807, 2.05) is 13.8 Å². The number of benzene rings is 1. The number of nitriles is 1. The minimum atomic E-state index is -0.887. The molecule has 0 aliphatic heterocycles. The predicted molar refractivity (Wildman–Crippen MR) is 108 cm³/mol. The number of halogens is 1. The van der Waals surface area contributed by atoms with Gasteiger partial charge in [-0.3, -0.25) is 9.59 Å². The first-order valence-corrected chi connectivity index (χ1v) is 10.1. The fourth-order valence-corrected chi connectivity index (χ4v) is 3.44. The Balaban J connectivity index is 1.94. The molecule has 1 unspecified atom stereocenters. The third-order valence-corrected chi connectivity index (χ3v) is 5.05. The second-order valence-corrected chi connectivity index (χ2v) is 8.16. The highest BCUT2D eigenvalue weighted by Crippen LogP contribution is 2.28. The van der Waals surface area contributed by atoms with E-state index in [1.165, 1.54) is 0 Å². The van der Waals surface area contributed by atoms with Gasteiger partial charge in [-0.1, -0.05) is 25.4 Å². The van der Waals surface area contributed by atoms with Gasteiger partial charge in [-0.2, -0.15) is 5.26 Å². The molecule has 1 saturated carbocycles. The number of nitrogens with zero attached hydrogens (tertiary/aromatic N) is 1. The lowest BCUT2D eigenvalue weighted by atomic mass is 10.00. The molecule has 2 rings (SSSR count). The molecule has 1 fully saturated rings. The van der Waals surface area contributed by atoms with Gasteiger partial charge in [0.25, 0.3) is 11.8 Å². The summed E-state index contributed by atoms with van der Waals surface area (Å²) in [4.78, 5) is 37.1. The van der Waals surface area contributed by atoms with Crippen molar-refractivity contribution in [2.45, 2.75) is 57.5 Å². The fraction of sp³-hybridized carbons (Fsp3) is 0.524. The van der Waals surface area contributed by atoms with E-state index in [0.717, 1.165) is 12.8 Å². The van der Waals surface area contributed by atoms with Crippen molar-refractivity contribution < 1.29 is 19.1 Å². The molecule has 0 bridgehead atoms. The fourth-order valence-electron chi connectivity index (χ4n) is 3.31. The summed E-state index contributed by atoms with van der Waals surface area (Å²) >= 11 is 5.83. The molecule has 1 aliphatic rings. The Labute approximate surface area is 175 Å². The molecule has 0 radical (unpaired) electrons. The first-order valence-electron chi connectivity index (χ1n) is 9.70. The Morgan fingerprint density at radius 1 is 1.21 bits per heavy atom. The molecule has 1 aliphatic carbocycles. The van der Waals surface area contributed by atoms with Crippen molar-refractivity contribution >= 4 is 29.4 Å². The Hall–Kier alpha value is -2.59. The molecule has 0 aromatic heterocycles. The van der Waals surface area contributed by atoms with Crippen LogP contribution in [0.3, 0.4) is 0 Å². The third kappa shape index (κ3) is 6.75. The van der Waals surface area contributed by atoms with Crippen molar-refractivity contribution in [2.24, 2.45) is 5.92 Å². The number of hydrogen-bond acceptors (Lipinski definition) is 5. The van der Waals surface area contributed by atoms with Crippen LogP contribution >= 0.6 is 11.6 Å². The van der Waals surface area contributed by atoms with Gasteiger partial charge in [0.1, 0.15) is 11.6 Å². The van der Waals surface area contributed by atoms with Crippen LogP contribution in [0.4, 0.5) is 0 Å². The highest BCUT2D eigenvalue weighted by Gasteiger charge is 2.35. The lowest BCUT2D eigenvalue weighted by Crippen LogP contribution is -2.48. The van der Waals surface area contributed by atoms with Gasteiger partial charge in [0, 0.05) is 10.6 Å². The molecule has 156 valence electrons. The summed E-state index contributed by atoms with van der Waals surface area (Å²) in [5.41, 5.74) is -0.505. The van der Waals surface area contributed by atoms with Crippen molar-refractivity contribution in [1.82, 2.24) is 10.6 Å². The van der Waals surface area contributed by atoms with Crippen LogP contribution in [0.25, 0.3) is 0 Å². The number of rotatable bonds is 8. The van der Waals surface area contributed by atoms with E-state index < -0.39 is 36.0 Å². The van der Waals surface area contributed by atoms with Crippen LogP contribution in [-0.4, -0.2) is 36.0 Å². The van der Waals surface area contributed by atoms with Crippen LogP contribution in [0.5, 0.6) is 0 Å². The van der Waals surface area contributed by atoms with Crippen molar-refractivity contribution in [2.75, 3.05) is 6.61 Å². The van der Waals surface area contributed by atoms with Gasteiger partial charge in [-0.25, -0.2) is 4.79 Å². The maximum absolute atomic E-state index is 12.5. The van der Waals surface area contributed by atoms with Gasteiger partial charge in [-0.15, -0.1) is 0 Å². The Bertz CT molecular complexity index is 780. The van der Waals surface area contributed by atoms with E-state index in [0.29, 0.717) is 29.8 Å². The first kappa shape index (κ1) is 22.7. The Kier molecular flexibility index (Phi) is 8.03. The monoisotopic (exact) mass is 419 g/mol. The van der Waals surface area contributed by atoms with Crippen molar-refractivity contribution in [3.05, 3.63) is 34.9 Å². The Morgan fingerprint density at radius 3 is 2.38 bits per heavy atom. The average molecular weight is 420 g/mol. The number of carbonyl (C=O) groups is 3. The zero-order valence-corrected chi connectivity index (χ0v) is 17.4. The van der Waals surface area contributed by atoms with Crippen molar-refractivity contribution in [3.63, 3.8) is 0 Å². The topological polar surface area (TPSA) is 108 Å². The van der Waals surface area contributed by atoms with Gasteiger partial charge < -0.3 is 15.4 Å². The molecule has 8 heteroatoms. The van der Waals surface area contributed by atoms with E-state index in [2.05, 4.69) is 16.7 Å². The largest absolute Gasteiger partial charge is 0.454 e. The van der Waals surface area contributed by atoms with Crippen LogP contribution in [0.15, 0.2) is 24.3 Å². The van der Waals surface area contributed by atoms with Crippen LogP contribution in [0, 0.1) is 17.2 Å². The zero-order valence-electron chi connectivity index (χ0n) is 16.7. The summed E-state index contributed by atoms with van der Waals surface area (Å²) in [7, 11) is 0. The quantitative estimate of drug-likeness (QED) is 0.629. The van der Waals surface area contributed by atoms with Gasteiger partial charge in [0.15, 0.2) is 6.61 Å². The molecule has 1 aromatic carbocycles. The minimum Gasteiger partial charge on any atom is -0.454 e. The summed E-state index contributed by atoms with van der Waals surface area (Å²) in [5, 5.41) is 15.2. The molecule has 0 spiro atoms. The van der Waals surface area contributed by atoms with Crippen LogP contribution < -0.4 is 10.6 Å². The SMILES string of the molecule is CC(C)CC(NC(=O)c1ccc(Cl)cc1)C(=O)OCC(=O)NC1(C#N)CCCC1. The second kappa shape index (κ2) is 10.3. The Morgan fingerprint density at radius 2 is 1.83 bits per heavy atom. The molecule has 2 N–H and O–H groups in total. The maximum Gasteiger partial charge on any atom is 0.329 e. The van der Waals surface area contributed by atoms with Gasteiger partial charge in [0.05, 0.1) is 6.07 Å². The number of amides is 2. The minimum absolute atomic E-state index is 0.118. The molecular weight excluding hydrogens is 394 g/mol. The van der Waals surface area contributed by atoms with Crippen LogP contribution in [0.1, 0.15) is 56.3 Å². The first-order chi connectivity index (χ1) is 13.7.